The third-order valence-corrected chi connectivity index (χ3v) is 2.69. The Morgan fingerprint density at radius 3 is 2.44 bits per heavy atom. The van der Waals surface area contributed by atoms with Crippen molar-refractivity contribution >= 4 is 0 Å². The van der Waals surface area contributed by atoms with Gasteiger partial charge in [-0.25, -0.2) is 0 Å². The third kappa shape index (κ3) is 2.47. The van der Waals surface area contributed by atoms with Gasteiger partial charge in [-0.2, -0.15) is 0 Å². The average Bonchev–Trinajstić information content (AvgIpc) is 3.00. The molecular weight excluding hydrogens is 204 g/mol. The minimum Gasteiger partial charge on any atom is -0.493 e. The Bertz CT molecular complexity index is 375. The minimum absolute atomic E-state index is 0.349. The molecule has 88 valence electrons. The maximum atomic E-state index is 9.90. The summed E-state index contributed by atoms with van der Waals surface area (Å²) < 4.78 is 11.0. The Kier molecular flexibility index (Phi) is 2.80. The molecule has 0 aliphatic heterocycles. The van der Waals surface area contributed by atoms with Crippen LogP contribution in [-0.4, -0.2) is 18.3 Å². The maximum Gasteiger partial charge on any atom is 0.161 e. The van der Waals surface area contributed by atoms with Crippen molar-refractivity contribution in [3.8, 4) is 11.5 Å². The van der Waals surface area contributed by atoms with Crippen molar-refractivity contribution in [3.05, 3.63) is 23.8 Å². The zero-order chi connectivity index (χ0) is 11.8. The summed E-state index contributed by atoms with van der Waals surface area (Å²) in [5, 5.41) is 9.90. The fourth-order valence-corrected chi connectivity index (χ4v) is 1.51. The highest BCUT2D eigenvalue weighted by Gasteiger charge is 2.25. The molecule has 3 nitrogen and oxygen atoms in total. The monoisotopic (exact) mass is 222 g/mol. The van der Waals surface area contributed by atoms with E-state index in [2.05, 4.69) is 0 Å². The lowest BCUT2D eigenvalue weighted by Gasteiger charge is -2.19. The number of hydrogen-bond acceptors (Lipinski definition) is 3. The second-order valence-electron chi connectivity index (χ2n) is 4.74. The normalized spacial score (nSPS) is 16.0. The van der Waals surface area contributed by atoms with Gasteiger partial charge in [-0.05, 0) is 44.4 Å². The number of hydrogen-bond donors (Lipinski definition) is 1. The van der Waals surface area contributed by atoms with Crippen molar-refractivity contribution in [1.82, 2.24) is 0 Å². The molecule has 1 aromatic carbocycles. The van der Waals surface area contributed by atoms with Gasteiger partial charge >= 0.3 is 0 Å². The summed E-state index contributed by atoms with van der Waals surface area (Å²) in [6.45, 7) is 3.51. The van der Waals surface area contributed by atoms with Crippen LogP contribution in [0.5, 0.6) is 11.5 Å². The van der Waals surface area contributed by atoms with Crippen molar-refractivity contribution in [2.24, 2.45) is 0 Å². The molecule has 0 radical (unpaired) electrons. The molecule has 0 bridgehead atoms. The molecule has 0 atom stereocenters. The molecule has 0 amide bonds. The number of aliphatic hydroxyl groups is 1. The van der Waals surface area contributed by atoms with Crippen LogP contribution < -0.4 is 9.47 Å². The zero-order valence-electron chi connectivity index (χ0n) is 9.99. The van der Waals surface area contributed by atoms with Crippen LogP contribution in [-0.2, 0) is 5.60 Å². The smallest absolute Gasteiger partial charge is 0.161 e. The van der Waals surface area contributed by atoms with Crippen molar-refractivity contribution < 1.29 is 14.6 Å². The highest BCUT2D eigenvalue weighted by atomic mass is 16.5. The number of rotatable bonds is 4. The van der Waals surface area contributed by atoms with Crippen LogP contribution in [0.25, 0.3) is 0 Å². The summed E-state index contributed by atoms with van der Waals surface area (Å²) in [6.07, 6.45) is 2.59. The van der Waals surface area contributed by atoms with Gasteiger partial charge in [0.15, 0.2) is 11.5 Å². The summed E-state index contributed by atoms with van der Waals surface area (Å²) in [5.74, 6) is 1.45. The molecule has 1 N–H and O–H groups in total. The van der Waals surface area contributed by atoms with Crippen molar-refractivity contribution in [3.63, 3.8) is 0 Å². The van der Waals surface area contributed by atoms with Crippen molar-refractivity contribution in [2.75, 3.05) is 7.11 Å². The highest BCUT2D eigenvalue weighted by molar-refractivity contribution is 5.44. The lowest BCUT2D eigenvalue weighted by molar-refractivity contribution is 0.0782. The van der Waals surface area contributed by atoms with Crippen LogP contribution in [0.4, 0.5) is 0 Å². The van der Waals surface area contributed by atoms with E-state index in [0.29, 0.717) is 11.9 Å². The minimum atomic E-state index is -0.856. The Morgan fingerprint density at radius 2 is 1.94 bits per heavy atom. The quantitative estimate of drug-likeness (QED) is 0.850. The molecular formula is C13H18O3. The lowest BCUT2D eigenvalue weighted by Crippen LogP contribution is -2.15. The van der Waals surface area contributed by atoms with Gasteiger partial charge in [-0.3, -0.25) is 0 Å². The Hall–Kier alpha value is -1.22. The first-order chi connectivity index (χ1) is 7.50. The van der Waals surface area contributed by atoms with Gasteiger partial charge in [-0.1, -0.05) is 6.07 Å². The summed E-state index contributed by atoms with van der Waals surface area (Å²) >= 11 is 0. The Balaban J connectivity index is 2.26. The molecule has 1 aromatic rings. The van der Waals surface area contributed by atoms with E-state index < -0.39 is 5.60 Å². The summed E-state index contributed by atoms with van der Waals surface area (Å²) in [5.41, 5.74) is -0.0294. The largest absolute Gasteiger partial charge is 0.493 e. The first-order valence-corrected chi connectivity index (χ1v) is 5.58. The van der Waals surface area contributed by atoms with Gasteiger partial charge in [-0.15, -0.1) is 0 Å². The van der Waals surface area contributed by atoms with Gasteiger partial charge in [0.25, 0.3) is 0 Å². The molecule has 0 heterocycles. The van der Waals surface area contributed by atoms with Crippen LogP contribution in [0.2, 0.25) is 0 Å². The van der Waals surface area contributed by atoms with Gasteiger partial charge in [0, 0.05) is 0 Å². The fraction of sp³-hybridized carbons (Fsp3) is 0.538. The molecule has 2 rings (SSSR count). The predicted octanol–water partition coefficient (Wildman–Crippen LogP) is 2.46. The van der Waals surface area contributed by atoms with Crippen LogP contribution in [0, 0.1) is 0 Å². The molecule has 1 saturated carbocycles. The highest BCUT2D eigenvalue weighted by Crippen LogP contribution is 2.36. The average molecular weight is 222 g/mol. The maximum absolute atomic E-state index is 9.90. The zero-order valence-corrected chi connectivity index (χ0v) is 9.99. The molecule has 1 fully saturated rings. The first kappa shape index (κ1) is 11.3. The first-order valence-electron chi connectivity index (χ1n) is 5.58. The predicted molar refractivity (Wildman–Crippen MR) is 61.9 cm³/mol. The van der Waals surface area contributed by atoms with Gasteiger partial charge in [0.2, 0.25) is 0 Å². The molecule has 1 aliphatic rings. The van der Waals surface area contributed by atoms with E-state index in [4.69, 9.17) is 9.47 Å². The molecule has 0 spiro atoms. The summed E-state index contributed by atoms with van der Waals surface area (Å²) in [4.78, 5) is 0. The second kappa shape index (κ2) is 3.98. The van der Waals surface area contributed by atoms with Gasteiger partial charge in [0.05, 0.1) is 18.8 Å². The van der Waals surface area contributed by atoms with E-state index >= 15 is 0 Å². The number of benzene rings is 1. The van der Waals surface area contributed by atoms with Crippen molar-refractivity contribution in [1.29, 1.82) is 0 Å². The molecule has 3 heteroatoms. The van der Waals surface area contributed by atoms with Crippen molar-refractivity contribution in [2.45, 2.75) is 38.4 Å². The van der Waals surface area contributed by atoms with Crippen LogP contribution >= 0.6 is 0 Å². The fourth-order valence-electron chi connectivity index (χ4n) is 1.51. The summed E-state index contributed by atoms with van der Waals surface area (Å²) in [6, 6.07) is 5.57. The lowest BCUT2D eigenvalue weighted by atomic mass is 9.98. The standard InChI is InChI=1S/C13H18O3/c1-13(2,14)9-4-7-11(12(8-9)15-3)16-10-5-6-10/h4,7-8,10,14H,5-6H2,1-3H3. The number of methoxy groups -OCH3 is 1. The number of ether oxygens (including phenoxy) is 2. The SMILES string of the molecule is COc1cc(C(C)(C)O)ccc1OC1CC1. The van der Waals surface area contributed by atoms with E-state index in [0.717, 1.165) is 24.2 Å². The van der Waals surface area contributed by atoms with E-state index in [-0.39, 0.29) is 0 Å². The second-order valence-corrected chi connectivity index (χ2v) is 4.74. The van der Waals surface area contributed by atoms with Crippen LogP contribution in [0.1, 0.15) is 32.3 Å². The third-order valence-electron chi connectivity index (χ3n) is 2.69. The summed E-state index contributed by atoms with van der Waals surface area (Å²) in [7, 11) is 1.61. The van der Waals surface area contributed by atoms with E-state index in [1.807, 2.05) is 18.2 Å². The molecule has 0 saturated heterocycles. The van der Waals surface area contributed by atoms with E-state index in [9.17, 15) is 5.11 Å². The Labute approximate surface area is 96.0 Å². The van der Waals surface area contributed by atoms with E-state index in [1.165, 1.54) is 0 Å². The van der Waals surface area contributed by atoms with Gasteiger partial charge < -0.3 is 14.6 Å². The molecule has 16 heavy (non-hydrogen) atoms. The van der Waals surface area contributed by atoms with E-state index in [1.54, 1.807) is 21.0 Å². The molecule has 0 unspecified atom stereocenters. The Morgan fingerprint density at radius 1 is 1.25 bits per heavy atom. The van der Waals surface area contributed by atoms with Gasteiger partial charge in [0.1, 0.15) is 0 Å². The topological polar surface area (TPSA) is 38.7 Å². The molecule has 1 aliphatic carbocycles. The molecule has 0 aromatic heterocycles. The van der Waals surface area contributed by atoms with Crippen LogP contribution in [0.3, 0.4) is 0 Å². The van der Waals surface area contributed by atoms with Crippen LogP contribution in [0.15, 0.2) is 18.2 Å².